The number of carbonyl (C=O) groups is 2. The molecule has 4 aliphatic heterocycles. The van der Waals surface area contributed by atoms with E-state index in [-0.39, 0.29) is 55.0 Å². The molecule has 3 saturated heterocycles. The summed E-state index contributed by atoms with van der Waals surface area (Å²) in [7, 11) is -4.15. The molecule has 2 aromatic rings. The number of anilines is 1. The number of amides is 2. The molecule has 14 heteroatoms. The fraction of sp³-hybridized carbons (Fsp3) is 0.529. The normalized spacial score (nSPS) is 24.4. The van der Waals surface area contributed by atoms with Gasteiger partial charge in [-0.1, -0.05) is 44.2 Å². The van der Waals surface area contributed by atoms with Crippen LogP contribution in [0.25, 0.3) is 5.57 Å². The van der Waals surface area contributed by atoms with Crippen molar-refractivity contribution in [2.24, 2.45) is 11.8 Å². The molecule has 2 amide bonds. The van der Waals surface area contributed by atoms with E-state index in [0.29, 0.717) is 49.7 Å². The van der Waals surface area contributed by atoms with Gasteiger partial charge in [-0.3, -0.25) is 4.79 Å². The number of rotatable bonds is 12. The highest BCUT2D eigenvalue weighted by atomic mass is 32.2. The Labute approximate surface area is 281 Å². The molecule has 260 valence electrons. The monoisotopic (exact) mass is 684 g/mol. The minimum absolute atomic E-state index is 0.0000240. The highest BCUT2D eigenvalue weighted by Gasteiger charge is 2.44. The van der Waals surface area contributed by atoms with Crippen LogP contribution in [0.1, 0.15) is 31.4 Å². The Morgan fingerprint density at radius 2 is 1.90 bits per heavy atom. The Kier molecular flexibility index (Phi) is 10.7. The van der Waals surface area contributed by atoms with E-state index in [2.05, 4.69) is 10.6 Å². The van der Waals surface area contributed by atoms with Gasteiger partial charge in [0.05, 0.1) is 55.0 Å². The molecular weight excluding hydrogens is 640 g/mol. The van der Waals surface area contributed by atoms with Crippen LogP contribution in [0.5, 0.6) is 0 Å². The van der Waals surface area contributed by atoms with Crippen LogP contribution in [0.3, 0.4) is 0 Å². The Morgan fingerprint density at radius 3 is 2.65 bits per heavy atom. The van der Waals surface area contributed by atoms with E-state index in [0.717, 1.165) is 12.0 Å². The first-order chi connectivity index (χ1) is 23.1. The van der Waals surface area contributed by atoms with Crippen molar-refractivity contribution in [2.75, 3.05) is 57.9 Å². The number of aliphatic hydroxyl groups excluding tert-OH is 1. The number of nitrogens with zero attached hydrogens (tertiary/aromatic N) is 2. The second-order valence-electron chi connectivity index (χ2n) is 13.0. The summed E-state index contributed by atoms with van der Waals surface area (Å²) >= 11 is 0. The number of carbonyl (C=O) groups excluding carboxylic acids is 2. The zero-order chi connectivity index (χ0) is 33.8. The molecule has 0 spiro atoms. The summed E-state index contributed by atoms with van der Waals surface area (Å²) < 4.78 is 52.0. The molecule has 4 heterocycles. The molecule has 0 bridgehead atoms. The lowest BCUT2D eigenvalue weighted by atomic mass is 10.0. The van der Waals surface area contributed by atoms with Crippen LogP contribution in [0, 0.1) is 11.8 Å². The van der Waals surface area contributed by atoms with Crippen molar-refractivity contribution in [2.45, 2.75) is 56.1 Å². The lowest BCUT2D eigenvalue weighted by Crippen LogP contribution is -2.51. The quantitative estimate of drug-likeness (QED) is 0.284. The molecule has 5 unspecified atom stereocenters. The van der Waals surface area contributed by atoms with Crippen molar-refractivity contribution >= 4 is 33.3 Å². The summed E-state index contributed by atoms with van der Waals surface area (Å²) in [4.78, 5) is 28.0. The number of morpholine rings is 1. The number of fused-ring (bicyclic) bond motifs is 2. The average Bonchev–Trinajstić information content (AvgIpc) is 3.77. The first kappa shape index (κ1) is 34.3. The number of ether oxygens (including phenoxy) is 4. The van der Waals surface area contributed by atoms with Gasteiger partial charge in [-0.05, 0) is 42.5 Å². The van der Waals surface area contributed by atoms with Crippen molar-refractivity contribution in [3.8, 4) is 0 Å². The zero-order valence-corrected chi connectivity index (χ0v) is 28.1. The Balaban J connectivity index is 1.22. The van der Waals surface area contributed by atoms with E-state index in [1.165, 1.54) is 16.4 Å². The molecule has 3 fully saturated rings. The first-order valence-electron chi connectivity index (χ1n) is 16.5. The maximum atomic E-state index is 14.2. The fourth-order valence-electron chi connectivity index (χ4n) is 6.53. The van der Waals surface area contributed by atoms with E-state index >= 15 is 0 Å². The molecule has 48 heavy (non-hydrogen) atoms. The summed E-state index contributed by atoms with van der Waals surface area (Å²) in [6.07, 6.45) is -0.154. The van der Waals surface area contributed by atoms with Crippen molar-refractivity contribution in [1.82, 2.24) is 14.5 Å². The summed E-state index contributed by atoms with van der Waals surface area (Å²) in [5.74, 6) is -0.430. The van der Waals surface area contributed by atoms with Crippen molar-refractivity contribution in [3.05, 3.63) is 65.9 Å². The van der Waals surface area contributed by atoms with Crippen LogP contribution in [0.2, 0.25) is 0 Å². The summed E-state index contributed by atoms with van der Waals surface area (Å²) in [5.41, 5.74) is 2.26. The molecule has 0 aliphatic carbocycles. The SMILES string of the molecule is CC(C)CN(CC(O)C(Cc1ccccc1)NC(=O)OC1COC2OCCC12)S(=O)(=O)c1ccc2c(c1)/C(=C/N1CCOCC1)C(=O)N2. The number of benzene rings is 2. The third kappa shape index (κ3) is 7.85. The average molecular weight is 685 g/mol. The molecular formula is C34H44N4O9S. The molecule has 0 aromatic heterocycles. The number of nitrogens with one attached hydrogen (secondary N) is 2. The maximum absolute atomic E-state index is 14.2. The first-order valence-corrected chi connectivity index (χ1v) is 17.9. The van der Waals surface area contributed by atoms with Crippen LogP contribution in [0.15, 0.2) is 59.6 Å². The predicted molar refractivity (Wildman–Crippen MR) is 176 cm³/mol. The summed E-state index contributed by atoms with van der Waals surface area (Å²) in [5, 5.41) is 17.3. The third-order valence-corrected chi connectivity index (χ3v) is 10.9. The number of alkyl carbamates (subject to hydrolysis) is 1. The van der Waals surface area contributed by atoms with Crippen LogP contribution >= 0.6 is 0 Å². The standard InChI is InChI=1S/C34H44N4O9S/c1-22(2)18-38(48(42,43)24-8-9-28-26(17-24)27(32(40)35-28)19-37-11-14-44-15-12-37)20-30(39)29(16-23-6-4-3-5-7-23)36-34(41)47-31-21-46-33-25(31)10-13-45-33/h3-9,17,19,22,25,29-31,33,39H,10-16,18,20-21H2,1-2H3,(H,35,40)(H,36,41)/b27-19-. The van der Waals surface area contributed by atoms with Crippen LogP contribution in [0.4, 0.5) is 10.5 Å². The number of sulfonamides is 1. The third-order valence-electron chi connectivity index (χ3n) is 9.04. The summed E-state index contributed by atoms with van der Waals surface area (Å²) in [6.45, 7) is 6.72. The second kappa shape index (κ2) is 14.9. The highest BCUT2D eigenvalue weighted by Crippen LogP contribution is 2.35. The number of hydrogen-bond acceptors (Lipinski definition) is 10. The van der Waals surface area contributed by atoms with E-state index in [1.807, 2.05) is 49.1 Å². The van der Waals surface area contributed by atoms with Gasteiger partial charge in [0.25, 0.3) is 5.91 Å². The van der Waals surface area contributed by atoms with Crippen LogP contribution in [-0.2, 0) is 40.2 Å². The molecule has 5 atom stereocenters. The Hall–Kier alpha value is -3.53. The lowest BCUT2D eigenvalue weighted by molar-refractivity contribution is -0.110. The van der Waals surface area contributed by atoms with Gasteiger partial charge in [0.2, 0.25) is 10.0 Å². The van der Waals surface area contributed by atoms with Gasteiger partial charge in [-0.2, -0.15) is 4.31 Å². The van der Waals surface area contributed by atoms with Gasteiger partial charge >= 0.3 is 6.09 Å². The predicted octanol–water partition coefficient (Wildman–Crippen LogP) is 2.42. The molecule has 6 rings (SSSR count). The van der Waals surface area contributed by atoms with Crippen LogP contribution < -0.4 is 10.6 Å². The van der Waals surface area contributed by atoms with Crippen LogP contribution in [-0.4, -0.2) is 112 Å². The molecule has 4 aliphatic rings. The number of hydrogen-bond donors (Lipinski definition) is 3. The second-order valence-corrected chi connectivity index (χ2v) is 15.0. The Bertz CT molecular complexity index is 1600. The van der Waals surface area contributed by atoms with E-state index in [9.17, 15) is 23.1 Å². The molecule has 3 N–H and O–H groups in total. The minimum Gasteiger partial charge on any atom is -0.443 e. The van der Waals surface area contributed by atoms with Gasteiger partial charge in [-0.15, -0.1) is 0 Å². The van der Waals surface area contributed by atoms with Gasteiger partial charge in [0, 0.05) is 43.6 Å². The van der Waals surface area contributed by atoms with E-state index < -0.39 is 34.4 Å². The van der Waals surface area contributed by atoms with Crippen molar-refractivity contribution < 1.29 is 42.1 Å². The van der Waals surface area contributed by atoms with Crippen molar-refractivity contribution in [1.29, 1.82) is 0 Å². The van der Waals surface area contributed by atoms with E-state index in [4.69, 9.17) is 18.9 Å². The zero-order valence-electron chi connectivity index (χ0n) is 27.2. The number of aliphatic hydroxyl groups is 1. The van der Waals surface area contributed by atoms with Gasteiger partial charge in [0.15, 0.2) is 6.29 Å². The highest BCUT2D eigenvalue weighted by molar-refractivity contribution is 7.89. The maximum Gasteiger partial charge on any atom is 0.407 e. The molecule has 0 radical (unpaired) electrons. The van der Waals surface area contributed by atoms with Gasteiger partial charge in [0.1, 0.15) is 6.10 Å². The molecule has 13 nitrogen and oxygen atoms in total. The summed E-state index contributed by atoms with van der Waals surface area (Å²) in [6, 6.07) is 13.0. The smallest absolute Gasteiger partial charge is 0.407 e. The largest absolute Gasteiger partial charge is 0.443 e. The van der Waals surface area contributed by atoms with Gasteiger partial charge in [-0.25, -0.2) is 13.2 Å². The molecule has 0 saturated carbocycles. The Morgan fingerprint density at radius 1 is 1.12 bits per heavy atom. The minimum atomic E-state index is -4.15. The molecule has 2 aromatic carbocycles. The van der Waals surface area contributed by atoms with Crippen molar-refractivity contribution in [3.63, 3.8) is 0 Å². The fourth-order valence-corrected chi connectivity index (χ4v) is 8.18. The van der Waals surface area contributed by atoms with Gasteiger partial charge < -0.3 is 39.6 Å². The topological polar surface area (TPSA) is 156 Å². The lowest BCUT2D eigenvalue weighted by Gasteiger charge is -2.31. The van der Waals surface area contributed by atoms with E-state index in [1.54, 1.807) is 12.3 Å².